The van der Waals surface area contributed by atoms with Gasteiger partial charge < -0.3 is 25.0 Å². The van der Waals surface area contributed by atoms with Crippen molar-refractivity contribution in [2.75, 3.05) is 51.9 Å². The van der Waals surface area contributed by atoms with E-state index >= 15 is 0 Å². The van der Waals surface area contributed by atoms with E-state index in [9.17, 15) is 0 Å². The van der Waals surface area contributed by atoms with Crippen LogP contribution in [0.2, 0.25) is 5.02 Å². The van der Waals surface area contributed by atoms with Gasteiger partial charge in [-0.05, 0) is 49.8 Å². The standard InChI is InChI=1S/C20H31ClN4O2.HI/c1-22-20(23-9-3-11-27-14-15-4-5-15)24-17-8-10-25(13-17)18-12-16(21)6-7-19(18)26-2;/h6-7,12,15,17H,3-5,8-11,13-14H2,1-2H3,(H2,22,23,24);1H. The molecule has 0 amide bonds. The number of nitrogens with one attached hydrogen (secondary N) is 2. The molecule has 3 rings (SSSR count). The molecule has 0 bridgehead atoms. The van der Waals surface area contributed by atoms with Crippen LogP contribution in [0.3, 0.4) is 0 Å². The van der Waals surface area contributed by atoms with Crippen LogP contribution >= 0.6 is 35.6 Å². The number of aliphatic imine (C=N–C) groups is 1. The number of ether oxygens (including phenoxy) is 2. The SMILES string of the molecule is CN=C(NCCCOCC1CC1)NC1CCN(c2cc(Cl)ccc2OC)C1.I. The summed E-state index contributed by atoms with van der Waals surface area (Å²) in [5.74, 6) is 2.53. The quantitative estimate of drug-likeness (QED) is 0.225. The first kappa shape index (κ1) is 23.3. The van der Waals surface area contributed by atoms with Crippen molar-refractivity contribution >= 4 is 47.2 Å². The van der Waals surface area contributed by atoms with Crippen LogP contribution in [0.15, 0.2) is 23.2 Å². The largest absolute Gasteiger partial charge is 0.495 e. The molecule has 0 spiro atoms. The fraction of sp³-hybridized carbons (Fsp3) is 0.650. The Labute approximate surface area is 190 Å². The number of hydrogen-bond acceptors (Lipinski definition) is 4. The van der Waals surface area contributed by atoms with Crippen LogP contribution in [0.25, 0.3) is 0 Å². The van der Waals surface area contributed by atoms with E-state index < -0.39 is 0 Å². The van der Waals surface area contributed by atoms with Crippen molar-refractivity contribution in [1.82, 2.24) is 10.6 Å². The number of benzene rings is 1. The third kappa shape index (κ3) is 7.15. The minimum absolute atomic E-state index is 0. The molecule has 2 aliphatic rings. The lowest BCUT2D eigenvalue weighted by atomic mass is 10.2. The molecule has 0 radical (unpaired) electrons. The minimum Gasteiger partial charge on any atom is -0.495 e. The van der Waals surface area contributed by atoms with Crippen LogP contribution in [0, 0.1) is 5.92 Å². The van der Waals surface area contributed by atoms with Crippen molar-refractivity contribution in [3.8, 4) is 5.75 Å². The normalized spacial score (nSPS) is 19.3. The maximum Gasteiger partial charge on any atom is 0.191 e. The first-order valence-corrected chi connectivity index (χ1v) is 10.2. The highest BCUT2D eigenvalue weighted by molar-refractivity contribution is 14.0. The van der Waals surface area contributed by atoms with E-state index in [2.05, 4.69) is 20.5 Å². The molecular formula is C20H32ClIN4O2. The van der Waals surface area contributed by atoms with Crippen LogP contribution in [0.4, 0.5) is 5.69 Å². The lowest BCUT2D eigenvalue weighted by Crippen LogP contribution is -2.45. The molecule has 28 heavy (non-hydrogen) atoms. The summed E-state index contributed by atoms with van der Waals surface area (Å²) in [6.45, 7) is 4.45. The zero-order valence-electron chi connectivity index (χ0n) is 16.7. The molecule has 1 aromatic carbocycles. The highest BCUT2D eigenvalue weighted by Gasteiger charge is 2.25. The highest BCUT2D eigenvalue weighted by atomic mass is 127. The topological polar surface area (TPSA) is 58.1 Å². The van der Waals surface area contributed by atoms with Crippen LogP contribution in [0.1, 0.15) is 25.7 Å². The van der Waals surface area contributed by atoms with Gasteiger partial charge in [0, 0.05) is 51.0 Å². The summed E-state index contributed by atoms with van der Waals surface area (Å²) in [6, 6.07) is 6.09. The van der Waals surface area contributed by atoms with Crippen molar-refractivity contribution in [2.24, 2.45) is 10.9 Å². The van der Waals surface area contributed by atoms with Crippen LogP contribution < -0.4 is 20.3 Å². The fourth-order valence-electron chi connectivity index (χ4n) is 3.31. The van der Waals surface area contributed by atoms with Gasteiger partial charge in [0.15, 0.2) is 5.96 Å². The summed E-state index contributed by atoms with van der Waals surface area (Å²) in [4.78, 5) is 6.65. The molecule has 1 saturated carbocycles. The molecule has 2 N–H and O–H groups in total. The number of anilines is 1. The number of methoxy groups -OCH3 is 1. The maximum absolute atomic E-state index is 6.17. The van der Waals surface area contributed by atoms with Crippen molar-refractivity contribution in [1.29, 1.82) is 0 Å². The first-order valence-electron chi connectivity index (χ1n) is 9.83. The van der Waals surface area contributed by atoms with Gasteiger partial charge in [-0.25, -0.2) is 0 Å². The smallest absolute Gasteiger partial charge is 0.191 e. The minimum atomic E-state index is 0. The molecule has 1 unspecified atom stereocenters. The first-order chi connectivity index (χ1) is 13.2. The van der Waals surface area contributed by atoms with Gasteiger partial charge >= 0.3 is 0 Å². The van der Waals surface area contributed by atoms with Crippen LogP contribution in [0.5, 0.6) is 5.75 Å². The van der Waals surface area contributed by atoms with E-state index in [4.69, 9.17) is 21.1 Å². The molecule has 1 aliphatic heterocycles. The molecule has 1 aliphatic carbocycles. The van der Waals surface area contributed by atoms with Gasteiger partial charge in [0.2, 0.25) is 0 Å². The Kier molecular flexibility index (Phi) is 9.94. The second-order valence-corrected chi connectivity index (χ2v) is 7.70. The summed E-state index contributed by atoms with van der Waals surface area (Å²) < 4.78 is 11.2. The van der Waals surface area contributed by atoms with E-state index in [1.165, 1.54) is 12.8 Å². The molecule has 1 heterocycles. The molecule has 1 saturated heterocycles. The number of guanidine groups is 1. The van der Waals surface area contributed by atoms with Crippen molar-refractivity contribution < 1.29 is 9.47 Å². The second-order valence-electron chi connectivity index (χ2n) is 7.26. The number of hydrogen-bond donors (Lipinski definition) is 2. The van der Waals surface area contributed by atoms with E-state index in [0.717, 1.165) is 74.0 Å². The Bertz CT molecular complexity index is 643. The third-order valence-corrected chi connectivity index (χ3v) is 5.28. The van der Waals surface area contributed by atoms with E-state index in [0.29, 0.717) is 6.04 Å². The maximum atomic E-state index is 6.17. The Balaban J connectivity index is 0.00000280. The average Bonchev–Trinajstić information content (AvgIpc) is 3.39. The molecule has 0 aromatic heterocycles. The molecular weight excluding hydrogens is 491 g/mol. The zero-order chi connectivity index (χ0) is 19.1. The Morgan fingerprint density at radius 1 is 1.32 bits per heavy atom. The monoisotopic (exact) mass is 522 g/mol. The van der Waals surface area contributed by atoms with E-state index in [-0.39, 0.29) is 24.0 Å². The summed E-state index contributed by atoms with van der Waals surface area (Å²) >= 11 is 6.17. The van der Waals surface area contributed by atoms with Crippen molar-refractivity contribution in [3.05, 3.63) is 23.2 Å². The average molecular weight is 523 g/mol. The molecule has 158 valence electrons. The second kappa shape index (κ2) is 11.9. The van der Waals surface area contributed by atoms with Gasteiger partial charge in [0.1, 0.15) is 5.75 Å². The molecule has 6 nitrogen and oxygen atoms in total. The van der Waals surface area contributed by atoms with E-state index in [1.807, 2.05) is 25.2 Å². The Morgan fingerprint density at radius 3 is 2.86 bits per heavy atom. The molecule has 8 heteroatoms. The van der Waals surface area contributed by atoms with Gasteiger partial charge in [0.25, 0.3) is 0 Å². The summed E-state index contributed by atoms with van der Waals surface area (Å²) in [5, 5.41) is 7.63. The Morgan fingerprint density at radius 2 is 2.14 bits per heavy atom. The van der Waals surface area contributed by atoms with Gasteiger partial charge in [0.05, 0.1) is 12.8 Å². The zero-order valence-corrected chi connectivity index (χ0v) is 19.8. The molecule has 1 aromatic rings. The predicted molar refractivity (Wildman–Crippen MR) is 127 cm³/mol. The van der Waals surface area contributed by atoms with Crippen molar-refractivity contribution in [3.63, 3.8) is 0 Å². The number of halogens is 2. The number of rotatable bonds is 9. The van der Waals surface area contributed by atoms with Gasteiger partial charge in [-0.2, -0.15) is 0 Å². The van der Waals surface area contributed by atoms with Gasteiger partial charge in [-0.15, -0.1) is 24.0 Å². The van der Waals surface area contributed by atoms with Gasteiger partial charge in [-0.1, -0.05) is 11.6 Å². The van der Waals surface area contributed by atoms with Crippen LogP contribution in [-0.2, 0) is 4.74 Å². The number of nitrogens with zero attached hydrogens (tertiary/aromatic N) is 2. The third-order valence-electron chi connectivity index (χ3n) is 5.04. The highest BCUT2D eigenvalue weighted by Crippen LogP contribution is 2.33. The lowest BCUT2D eigenvalue weighted by Gasteiger charge is -2.22. The van der Waals surface area contributed by atoms with Crippen molar-refractivity contribution in [2.45, 2.75) is 31.7 Å². The summed E-state index contributed by atoms with van der Waals surface area (Å²) in [5.41, 5.74) is 1.05. The fourth-order valence-corrected chi connectivity index (χ4v) is 3.48. The Hall–Kier alpha value is -0.930. The molecule has 1 atom stereocenters. The lowest BCUT2D eigenvalue weighted by molar-refractivity contribution is 0.123. The molecule has 2 fully saturated rings. The summed E-state index contributed by atoms with van der Waals surface area (Å²) in [7, 11) is 3.50. The predicted octanol–water partition coefficient (Wildman–Crippen LogP) is 3.53. The summed E-state index contributed by atoms with van der Waals surface area (Å²) in [6.07, 6.45) is 4.72. The van der Waals surface area contributed by atoms with E-state index in [1.54, 1.807) is 7.11 Å². The van der Waals surface area contributed by atoms with Crippen LogP contribution in [-0.4, -0.2) is 59.0 Å². The van der Waals surface area contributed by atoms with Gasteiger partial charge in [-0.3, -0.25) is 4.99 Å².